The molecule has 2 aromatic carbocycles. The number of rotatable bonds is 6. The molecule has 0 aliphatic carbocycles. The van der Waals surface area contributed by atoms with Gasteiger partial charge < -0.3 is 24.6 Å². The van der Waals surface area contributed by atoms with Gasteiger partial charge in [-0.2, -0.15) is 0 Å². The van der Waals surface area contributed by atoms with Gasteiger partial charge in [0.1, 0.15) is 0 Å². The Bertz CT molecular complexity index is 1510. The van der Waals surface area contributed by atoms with Gasteiger partial charge in [0.25, 0.3) is 11.5 Å². The number of hydrogen-bond acceptors (Lipinski definition) is 5. The van der Waals surface area contributed by atoms with Gasteiger partial charge in [0.15, 0.2) is 0 Å². The predicted octanol–water partition coefficient (Wildman–Crippen LogP) is 3.90. The van der Waals surface area contributed by atoms with E-state index in [1.165, 1.54) is 6.08 Å². The number of likely N-dealkylation sites (N-methyl/N-ethyl adjacent to an activating group) is 1. The summed E-state index contributed by atoms with van der Waals surface area (Å²) in [6, 6.07) is 20.9. The third-order valence-corrected chi connectivity index (χ3v) is 8.66. The highest BCUT2D eigenvalue weighted by atomic mass is 16.2. The Balaban J connectivity index is 1.28. The Hall–Kier alpha value is -4.17. The van der Waals surface area contributed by atoms with Crippen molar-refractivity contribution in [3.8, 4) is 0 Å². The molecule has 2 atom stereocenters. The molecule has 41 heavy (non-hydrogen) atoms. The Morgan fingerprint density at radius 3 is 2.51 bits per heavy atom. The van der Waals surface area contributed by atoms with Crippen molar-refractivity contribution in [2.24, 2.45) is 5.92 Å². The molecule has 3 aliphatic heterocycles. The summed E-state index contributed by atoms with van der Waals surface area (Å²) in [6.07, 6.45) is 4.37. The molecule has 2 amide bonds. The Morgan fingerprint density at radius 1 is 0.927 bits per heavy atom. The molecular formula is C33H37N5O3. The molecule has 0 unspecified atom stereocenters. The molecule has 8 heteroatoms. The van der Waals surface area contributed by atoms with Crippen molar-refractivity contribution in [2.45, 2.75) is 25.8 Å². The van der Waals surface area contributed by atoms with Crippen LogP contribution < -0.4 is 15.8 Å². The normalized spacial score (nSPS) is 20.6. The van der Waals surface area contributed by atoms with E-state index < -0.39 is 0 Å². The van der Waals surface area contributed by atoms with E-state index in [2.05, 4.69) is 28.1 Å². The number of benzene rings is 2. The monoisotopic (exact) mass is 551 g/mol. The molecule has 0 radical (unpaired) electrons. The lowest BCUT2D eigenvalue weighted by atomic mass is 9.83. The van der Waals surface area contributed by atoms with Gasteiger partial charge in [0.2, 0.25) is 5.91 Å². The molecule has 3 aliphatic rings. The maximum atomic E-state index is 13.5. The van der Waals surface area contributed by atoms with Crippen molar-refractivity contribution in [2.75, 3.05) is 56.0 Å². The first kappa shape index (κ1) is 27.0. The molecule has 8 nitrogen and oxygen atoms in total. The standard InChI is InChI=1S/C33H37N5O3/c1-2-35-15-17-36(18-16-35)33(41)26-12-13-30(28(20-26)34-31(39)14-11-24-7-4-3-5-8-24)37-21-25-19-27(23-37)29-9-6-10-32(40)38(29)22-25/h3-14,20,25,27H,2,15-19,21-23H2,1H3,(H,34,39)/b14-11+/t25-,27+/m1/s1. The van der Waals surface area contributed by atoms with Crippen LogP contribution in [0.2, 0.25) is 0 Å². The fourth-order valence-electron chi connectivity index (χ4n) is 6.50. The van der Waals surface area contributed by atoms with Gasteiger partial charge in [0.05, 0.1) is 11.4 Å². The summed E-state index contributed by atoms with van der Waals surface area (Å²) in [5.41, 5.74) is 4.20. The molecule has 0 saturated carbocycles. The largest absolute Gasteiger partial charge is 0.369 e. The fraction of sp³-hybridized carbons (Fsp3) is 0.364. The highest BCUT2D eigenvalue weighted by Crippen LogP contribution is 2.39. The van der Waals surface area contributed by atoms with Crippen molar-refractivity contribution >= 4 is 29.3 Å². The molecule has 3 aromatic rings. The molecule has 2 bridgehead atoms. The van der Waals surface area contributed by atoms with E-state index in [0.717, 1.165) is 56.1 Å². The summed E-state index contributed by atoms with van der Waals surface area (Å²) in [5.74, 6) is 0.310. The molecule has 6 rings (SSSR count). The number of carbonyl (C=O) groups excluding carboxylic acids is 2. The zero-order valence-corrected chi connectivity index (χ0v) is 23.5. The second-order valence-corrected chi connectivity index (χ2v) is 11.3. The lowest BCUT2D eigenvalue weighted by Gasteiger charge is -2.44. The second-order valence-electron chi connectivity index (χ2n) is 11.3. The van der Waals surface area contributed by atoms with Crippen LogP contribution in [0.4, 0.5) is 11.4 Å². The molecule has 2 fully saturated rings. The van der Waals surface area contributed by atoms with Gasteiger partial charge in [0, 0.05) is 75.1 Å². The van der Waals surface area contributed by atoms with Crippen LogP contribution in [-0.2, 0) is 11.3 Å². The van der Waals surface area contributed by atoms with E-state index in [1.54, 1.807) is 12.1 Å². The van der Waals surface area contributed by atoms with Gasteiger partial charge in [-0.3, -0.25) is 14.4 Å². The number of pyridine rings is 1. The number of hydrogen-bond donors (Lipinski definition) is 1. The van der Waals surface area contributed by atoms with Gasteiger partial charge in [-0.25, -0.2) is 0 Å². The van der Waals surface area contributed by atoms with Crippen molar-refractivity contribution < 1.29 is 9.59 Å². The topological polar surface area (TPSA) is 77.9 Å². The molecular weight excluding hydrogens is 514 g/mol. The quantitative estimate of drug-likeness (QED) is 0.471. The van der Waals surface area contributed by atoms with Crippen LogP contribution >= 0.6 is 0 Å². The molecule has 212 valence electrons. The van der Waals surface area contributed by atoms with Crippen LogP contribution in [0.3, 0.4) is 0 Å². The zero-order chi connectivity index (χ0) is 28.3. The minimum Gasteiger partial charge on any atom is -0.369 e. The first-order chi connectivity index (χ1) is 20.0. The van der Waals surface area contributed by atoms with Gasteiger partial charge in [-0.15, -0.1) is 0 Å². The van der Waals surface area contributed by atoms with Crippen LogP contribution in [0.15, 0.2) is 77.6 Å². The van der Waals surface area contributed by atoms with E-state index in [4.69, 9.17) is 0 Å². The van der Waals surface area contributed by atoms with Crippen LogP contribution in [0.25, 0.3) is 6.08 Å². The maximum Gasteiger partial charge on any atom is 0.254 e. The summed E-state index contributed by atoms with van der Waals surface area (Å²) < 4.78 is 1.92. The van der Waals surface area contributed by atoms with E-state index >= 15 is 0 Å². The van der Waals surface area contributed by atoms with Crippen molar-refractivity contribution in [3.63, 3.8) is 0 Å². The summed E-state index contributed by atoms with van der Waals surface area (Å²) >= 11 is 0. The van der Waals surface area contributed by atoms with Crippen molar-refractivity contribution in [1.29, 1.82) is 0 Å². The first-order valence-corrected chi connectivity index (χ1v) is 14.6. The molecule has 2 saturated heterocycles. The van der Waals surface area contributed by atoms with E-state index in [0.29, 0.717) is 36.8 Å². The number of aromatic nitrogens is 1. The number of nitrogens with zero attached hydrogens (tertiary/aromatic N) is 4. The number of fused-ring (bicyclic) bond motifs is 4. The Kier molecular flexibility index (Phi) is 7.74. The zero-order valence-electron chi connectivity index (χ0n) is 23.5. The van der Waals surface area contributed by atoms with E-state index in [-0.39, 0.29) is 23.3 Å². The summed E-state index contributed by atoms with van der Waals surface area (Å²) in [7, 11) is 0. The van der Waals surface area contributed by atoms with Crippen LogP contribution in [0, 0.1) is 5.92 Å². The van der Waals surface area contributed by atoms with Crippen molar-refractivity contribution in [1.82, 2.24) is 14.4 Å². The Morgan fingerprint density at radius 2 is 1.73 bits per heavy atom. The van der Waals surface area contributed by atoms with E-state index in [1.807, 2.05) is 64.1 Å². The smallest absolute Gasteiger partial charge is 0.254 e. The van der Waals surface area contributed by atoms with Crippen LogP contribution in [-0.4, -0.2) is 72.0 Å². The molecule has 1 aromatic heterocycles. The number of nitrogens with one attached hydrogen (secondary N) is 1. The van der Waals surface area contributed by atoms with E-state index in [9.17, 15) is 14.4 Å². The lowest BCUT2D eigenvalue weighted by molar-refractivity contribution is -0.111. The number of carbonyl (C=O) groups is 2. The number of anilines is 2. The van der Waals surface area contributed by atoms with Gasteiger partial charge >= 0.3 is 0 Å². The SMILES string of the molecule is CCN1CCN(C(=O)c2ccc(N3C[C@H]4C[C@@H](C3)c3cccc(=O)n3C4)c(NC(=O)/C=C/c3ccccc3)c2)CC1. The molecule has 0 spiro atoms. The first-order valence-electron chi connectivity index (χ1n) is 14.6. The summed E-state index contributed by atoms with van der Waals surface area (Å²) in [5, 5.41) is 3.08. The average Bonchev–Trinajstić information content (AvgIpc) is 3.00. The number of piperazine rings is 1. The third-order valence-electron chi connectivity index (χ3n) is 8.66. The summed E-state index contributed by atoms with van der Waals surface area (Å²) in [4.78, 5) is 45.7. The van der Waals surface area contributed by atoms with Gasteiger partial charge in [-0.1, -0.05) is 43.3 Å². The maximum absolute atomic E-state index is 13.5. The number of piperidine rings is 1. The average molecular weight is 552 g/mol. The second kappa shape index (κ2) is 11.7. The highest BCUT2D eigenvalue weighted by Gasteiger charge is 2.35. The van der Waals surface area contributed by atoms with Crippen LogP contribution in [0.1, 0.15) is 40.9 Å². The molecule has 1 N–H and O–H groups in total. The summed E-state index contributed by atoms with van der Waals surface area (Å²) in [6.45, 7) is 8.49. The van der Waals surface area contributed by atoms with Crippen molar-refractivity contribution in [3.05, 3.63) is 100.0 Å². The third kappa shape index (κ3) is 5.84. The van der Waals surface area contributed by atoms with Gasteiger partial charge in [-0.05, 0) is 54.8 Å². The number of amides is 2. The fourth-order valence-corrected chi connectivity index (χ4v) is 6.50. The lowest BCUT2D eigenvalue weighted by Crippen LogP contribution is -2.48. The Labute approximate surface area is 240 Å². The predicted molar refractivity (Wildman–Crippen MR) is 162 cm³/mol. The van der Waals surface area contributed by atoms with Crippen LogP contribution in [0.5, 0.6) is 0 Å². The molecule has 4 heterocycles. The highest BCUT2D eigenvalue weighted by molar-refractivity contribution is 6.05. The minimum atomic E-state index is -0.245. The minimum absolute atomic E-state index is 0.00792.